The van der Waals surface area contributed by atoms with Gasteiger partial charge in [0.15, 0.2) is 0 Å². The Hall–Kier alpha value is -3.80. The minimum absolute atomic E-state index is 0.273. The summed E-state index contributed by atoms with van der Waals surface area (Å²) in [5.41, 5.74) is 19.0. The van der Waals surface area contributed by atoms with Crippen molar-refractivity contribution in [3.8, 4) is 33.8 Å². The number of rotatable bonds is 8. The first kappa shape index (κ1) is 42.9. The molecule has 0 bridgehead atoms. The van der Waals surface area contributed by atoms with Crippen molar-refractivity contribution >= 4 is 45.8 Å². The molecule has 0 fully saturated rings. The number of ether oxygens (including phenoxy) is 2. The maximum absolute atomic E-state index is 9.06. The fourth-order valence-corrected chi connectivity index (χ4v) is 38.1. The van der Waals surface area contributed by atoms with Crippen LogP contribution in [0.4, 0.5) is 0 Å². The first-order valence-electron chi connectivity index (χ1n) is 20.8. The van der Waals surface area contributed by atoms with Gasteiger partial charge in [0.25, 0.3) is 0 Å². The summed E-state index contributed by atoms with van der Waals surface area (Å²) in [7, 11) is 21.6. The van der Waals surface area contributed by atoms with E-state index in [0.29, 0.717) is 0 Å². The van der Waals surface area contributed by atoms with Crippen LogP contribution in [0, 0.1) is 69.2 Å². The van der Waals surface area contributed by atoms with Crippen LogP contribution in [0.3, 0.4) is 0 Å². The van der Waals surface area contributed by atoms with Crippen molar-refractivity contribution in [3.05, 3.63) is 150 Å². The van der Waals surface area contributed by atoms with E-state index in [1.54, 1.807) is 14.2 Å². The average molecular weight is 935 g/mol. The standard InChI is InChI=1S/2C25H25O2.C2H6Si.2ClH.Zr/c2*1-14-7-8-19-12-20(23-11-15(2)18(5)27-23)13-22(19)24(14)21-9-16(3)25(26-6)17(4)10-21;1-3-2;;;/h2*7-13H,1-6H3;1-2H3;2*1H;/q;;;;;+2/p-2. The Kier molecular flexibility index (Phi) is 10.9. The van der Waals surface area contributed by atoms with Gasteiger partial charge in [-0.15, -0.1) is 0 Å². The van der Waals surface area contributed by atoms with Gasteiger partial charge in [-0.25, -0.2) is 0 Å². The quantitative estimate of drug-likeness (QED) is 0.143. The van der Waals surface area contributed by atoms with Crippen LogP contribution < -0.4 is 9.47 Å². The van der Waals surface area contributed by atoms with E-state index in [4.69, 9.17) is 35.3 Å². The molecule has 4 aromatic carbocycles. The molecule has 0 radical (unpaired) electrons. The molecule has 0 aliphatic heterocycles. The second-order valence-corrected chi connectivity index (χ2v) is 56.5. The first-order valence-corrected chi connectivity index (χ1v) is 36.2. The van der Waals surface area contributed by atoms with E-state index in [1.807, 2.05) is 13.8 Å². The molecule has 310 valence electrons. The molecule has 2 heterocycles. The molecule has 8 heteroatoms. The fraction of sp³-hybridized carbons (Fsp3) is 0.308. The zero-order valence-corrected chi connectivity index (χ0v) is 42.4. The third kappa shape index (κ3) is 6.45. The number of hydrogen-bond acceptors (Lipinski definition) is 4. The third-order valence-corrected chi connectivity index (χ3v) is 59.9. The zero-order valence-electron chi connectivity index (χ0n) is 37.5. The molecule has 2 atom stereocenters. The van der Waals surface area contributed by atoms with E-state index in [0.717, 1.165) is 101 Å². The van der Waals surface area contributed by atoms with Crippen LogP contribution in [-0.4, -0.2) is 19.7 Å². The Morgan fingerprint density at radius 2 is 0.850 bits per heavy atom. The maximum atomic E-state index is 9.06. The van der Waals surface area contributed by atoms with E-state index >= 15 is 0 Å². The number of allylic oxidation sites excluding steroid dienone is 2. The molecule has 6 aromatic rings. The van der Waals surface area contributed by atoms with Gasteiger partial charge in [-0.05, 0) is 0 Å². The van der Waals surface area contributed by atoms with Gasteiger partial charge in [0.1, 0.15) is 0 Å². The molecule has 2 aromatic heterocycles. The molecule has 0 saturated carbocycles. The fourth-order valence-electron chi connectivity index (χ4n) is 10.5. The van der Waals surface area contributed by atoms with Crippen molar-refractivity contribution in [2.24, 2.45) is 0 Å². The zero-order chi connectivity index (χ0) is 43.3. The predicted octanol–water partition coefficient (Wildman–Crippen LogP) is 15.4. The normalized spacial score (nSPS) is 16.1. The number of benzene rings is 4. The Bertz CT molecular complexity index is 2670. The van der Waals surface area contributed by atoms with Crippen molar-refractivity contribution in [3.63, 3.8) is 0 Å². The van der Waals surface area contributed by atoms with Gasteiger partial charge in [0.05, 0.1) is 0 Å². The molecular weight excluding hydrogens is 879 g/mol. The van der Waals surface area contributed by atoms with Crippen molar-refractivity contribution < 1.29 is 33.3 Å². The molecule has 2 unspecified atom stereocenters. The number of methoxy groups -OCH3 is 2. The molecule has 4 nitrogen and oxygen atoms in total. The van der Waals surface area contributed by atoms with E-state index < -0.39 is 20.4 Å². The number of furan rings is 2. The summed E-state index contributed by atoms with van der Waals surface area (Å²) in [4.78, 5) is 0. The summed E-state index contributed by atoms with van der Waals surface area (Å²) in [6.07, 6.45) is 4.73. The molecule has 60 heavy (non-hydrogen) atoms. The van der Waals surface area contributed by atoms with E-state index in [-0.39, 0.29) is 7.25 Å². The molecule has 2 aliphatic carbocycles. The van der Waals surface area contributed by atoms with Gasteiger partial charge in [-0.3, -0.25) is 0 Å². The Morgan fingerprint density at radius 1 is 0.500 bits per heavy atom. The molecule has 8 rings (SSSR count). The van der Waals surface area contributed by atoms with Crippen LogP contribution >= 0.6 is 17.0 Å². The molecule has 2 aliphatic rings. The number of fused-ring (bicyclic) bond motifs is 2. The van der Waals surface area contributed by atoms with Gasteiger partial charge in [-0.2, -0.15) is 0 Å². The van der Waals surface area contributed by atoms with E-state index in [2.05, 4.69) is 141 Å². The van der Waals surface area contributed by atoms with Crippen molar-refractivity contribution in [2.45, 2.75) is 89.6 Å². The summed E-state index contributed by atoms with van der Waals surface area (Å²) >= 11 is -5.49. The second-order valence-electron chi connectivity index (χ2n) is 17.7. The third-order valence-electron chi connectivity index (χ3n) is 13.6. The topological polar surface area (TPSA) is 44.7 Å². The van der Waals surface area contributed by atoms with Crippen molar-refractivity contribution in [1.82, 2.24) is 0 Å². The SMILES string of the molecule is COc1c(C)cc(-c2c(C)ccc3c2C=C(c2cc(C)c(C)o2)[CH]3[Zr]([Cl])([Cl])([CH]2C(c3cc(C)c(C)o3)=Cc3c2ccc(C)c3-c2cc(C)c(OC)c(C)c2)=[Si](C)C)cc1C. The number of halogens is 2. The van der Waals surface area contributed by atoms with Crippen molar-refractivity contribution in [1.29, 1.82) is 0 Å². The monoisotopic (exact) mass is 932 g/mol. The van der Waals surface area contributed by atoms with Crippen molar-refractivity contribution in [2.75, 3.05) is 14.2 Å². The summed E-state index contributed by atoms with van der Waals surface area (Å²) < 4.78 is 24.5. The minimum atomic E-state index is -5.49. The van der Waals surface area contributed by atoms with Crippen LogP contribution in [0.2, 0.25) is 13.1 Å². The Labute approximate surface area is 364 Å². The van der Waals surface area contributed by atoms with Crippen LogP contribution in [0.25, 0.3) is 45.6 Å². The number of hydrogen-bond donors (Lipinski definition) is 0. The summed E-state index contributed by atoms with van der Waals surface area (Å²) in [6.45, 7) is 25.9. The summed E-state index contributed by atoms with van der Waals surface area (Å²) in [5, 5.41) is 0. The van der Waals surface area contributed by atoms with Gasteiger partial charge in [0, 0.05) is 0 Å². The summed E-state index contributed by atoms with van der Waals surface area (Å²) in [6, 6.07) is 22.5. The van der Waals surface area contributed by atoms with Crippen LogP contribution in [0.15, 0.2) is 69.5 Å². The first-order chi connectivity index (χ1) is 28.3. The second kappa shape index (κ2) is 15.2. The van der Waals surface area contributed by atoms with Gasteiger partial charge in [0.2, 0.25) is 0 Å². The molecule has 0 amide bonds. The van der Waals surface area contributed by atoms with Crippen LogP contribution in [0.1, 0.15) is 97.1 Å². The van der Waals surface area contributed by atoms with Gasteiger partial charge < -0.3 is 0 Å². The molecule has 0 saturated heterocycles. The molecular formula is C52H56Cl2O4SiZr. The average Bonchev–Trinajstić information content (AvgIpc) is 3.94. The van der Waals surface area contributed by atoms with E-state index in [1.165, 1.54) is 33.4 Å². The Morgan fingerprint density at radius 3 is 1.13 bits per heavy atom. The van der Waals surface area contributed by atoms with Crippen LogP contribution in [0.5, 0.6) is 11.5 Å². The van der Waals surface area contributed by atoms with Gasteiger partial charge in [-0.1, -0.05) is 0 Å². The predicted molar refractivity (Wildman–Crippen MR) is 252 cm³/mol. The van der Waals surface area contributed by atoms with Crippen LogP contribution in [-0.2, 0) is 15.0 Å². The molecule has 0 N–H and O–H groups in total. The Balaban J connectivity index is 1.47. The number of aryl methyl sites for hydroxylation is 10. The van der Waals surface area contributed by atoms with E-state index in [9.17, 15) is 0 Å². The van der Waals surface area contributed by atoms with Gasteiger partial charge >= 0.3 is 367 Å². The summed E-state index contributed by atoms with van der Waals surface area (Å²) in [5.74, 6) is 5.30. The molecule has 0 spiro atoms.